The molecule has 1 atom stereocenters. The Bertz CT molecular complexity index is 1120. The summed E-state index contributed by atoms with van der Waals surface area (Å²) < 4.78 is 51.8. The highest BCUT2D eigenvalue weighted by Gasteiger charge is 2.38. The third-order valence-electron chi connectivity index (χ3n) is 6.37. The van der Waals surface area contributed by atoms with Crippen molar-refractivity contribution < 1.29 is 37.0 Å². The zero-order chi connectivity index (χ0) is 27.9. The maximum atomic E-state index is 13.6. The molecule has 11 heteroatoms. The van der Waals surface area contributed by atoms with Crippen molar-refractivity contribution in [2.24, 2.45) is 0 Å². The van der Waals surface area contributed by atoms with E-state index in [4.69, 9.17) is 9.47 Å². The number of benzene rings is 2. The van der Waals surface area contributed by atoms with Crippen LogP contribution in [0.3, 0.4) is 0 Å². The number of nitrogens with zero attached hydrogens (tertiary/aromatic N) is 3. The van der Waals surface area contributed by atoms with Gasteiger partial charge in [-0.1, -0.05) is 24.3 Å². The van der Waals surface area contributed by atoms with Crippen LogP contribution in [-0.4, -0.2) is 85.0 Å². The van der Waals surface area contributed by atoms with E-state index in [1.165, 1.54) is 24.1 Å². The zero-order valence-corrected chi connectivity index (χ0v) is 21.7. The van der Waals surface area contributed by atoms with E-state index in [9.17, 15) is 27.6 Å². The maximum Gasteiger partial charge on any atom is 0.417 e. The highest BCUT2D eigenvalue weighted by atomic mass is 19.4. The molecule has 3 rings (SSSR count). The fourth-order valence-corrected chi connectivity index (χ4v) is 4.29. The molecule has 0 saturated carbocycles. The number of ether oxygens (including phenoxy) is 2. The number of hydrogen-bond acceptors (Lipinski definition) is 5. The van der Waals surface area contributed by atoms with E-state index in [1.54, 1.807) is 29.2 Å². The monoisotopic (exact) mass is 535 g/mol. The number of amides is 3. The minimum atomic E-state index is -4.74. The molecule has 0 aromatic heterocycles. The molecule has 0 aliphatic carbocycles. The summed E-state index contributed by atoms with van der Waals surface area (Å²) in [6, 6.07) is 11.5. The second-order valence-corrected chi connectivity index (χ2v) is 8.85. The molecule has 1 aliphatic rings. The largest absolute Gasteiger partial charge is 0.497 e. The van der Waals surface area contributed by atoms with Crippen molar-refractivity contribution in [2.75, 3.05) is 46.4 Å². The van der Waals surface area contributed by atoms with Crippen LogP contribution in [0.4, 0.5) is 13.2 Å². The molecule has 1 saturated heterocycles. The van der Waals surface area contributed by atoms with Crippen LogP contribution in [0, 0.1) is 0 Å². The Morgan fingerprint density at radius 3 is 2.29 bits per heavy atom. The average Bonchev–Trinajstić information content (AvgIpc) is 3.06. The van der Waals surface area contributed by atoms with Gasteiger partial charge >= 0.3 is 6.18 Å². The molecule has 0 N–H and O–H groups in total. The first-order valence-electron chi connectivity index (χ1n) is 12.3. The first-order valence-corrected chi connectivity index (χ1v) is 12.3. The summed E-state index contributed by atoms with van der Waals surface area (Å²) in [7, 11) is 1.54. The zero-order valence-electron chi connectivity index (χ0n) is 21.7. The van der Waals surface area contributed by atoms with Crippen molar-refractivity contribution >= 4 is 17.7 Å². The van der Waals surface area contributed by atoms with Crippen LogP contribution in [0.1, 0.15) is 35.3 Å². The second-order valence-electron chi connectivity index (χ2n) is 8.85. The van der Waals surface area contributed by atoms with Crippen LogP contribution in [0.2, 0.25) is 0 Å². The summed E-state index contributed by atoms with van der Waals surface area (Å²) >= 11 is 0. The Labute approximate surface area is 219 Å². The van der Waals surface area contributed by atoms with Gasteiger partial charge in [0.1, 0.15) is 18.9 Å². The van der Waals surface area contributed by atoms with Crippen LogP contribution in [0.15, 0.2) is 48.5 Å². The Balaban J connectivity index is 1.86. The van der Waals surface area contributed by atoms with Gasteiger partial charge in [0.2, 0.25) is 11.8 Å². The number of carbonyl (C=O) groups is 3. The topological polar surface area (TPSA) is 79.4 Å². The van der Waals surface area contributed by atoms with Gasteiger partial charge in [0, 0.05) is 32.7 Å². The molecule has 1 aliphatic heterocycles. The Hall–Kier alpha value is -3.60. The van der Waals surface area contributed by atoms with Gasteiger partial charge in [-0.2, -0.15) is 13.2 Å². The van der Waals surface area contributed by atoms with Crippen molar-refractivity contribution in [3.8, 4) is 5.75 Å². The van der Waals surface area contributed by atoms with Crippen LogP contribution in [-0.2, 0) is 27.0 Å². The number of alkyl halides is 3. The van der Waals surface area contributed by atoms with E-state index >= 15 is 0 Å². The van der Waals surface area contributed by atoms with Gasteiger partial charge in [0.15, 0.2) is 0 Å². The molecular formula is C27H32F3N3O5. The van der Waals surface area contributed by atoms with Gasteiger partial charge in [-0.05, 0) is 43.7 Å². The molecule has 0 bridgehead atoms. The third-order valence-corrected chi connectivity index (χ3v) is 6.37. The number of carbonyl (C=O) groups excluding carboxylic acids is 3. The summed E-state index contributed by atoms with van der Waals surface area (Å²) in [5.41, 5.74) is -0.834. The predicted octanol–water partition coefficient (Wildman–Crippen LogP) is 3.45. The highest BCUT2D eigenvalue weighted by Crippen LogP contribution is 2.32. The van der Waals surface area contributed by atoms with Crippen LogP contribution in [0.5, 0.6) is 5.75 Å². The highest BCUT2D eigenvalue weighted by molar-refractivity contribution is 5.98. The lowest BCUT2D eigenvalue weighted by atomic mass is 10.1. The van der Waals surface area contributed by atoms with Crippen molar-refractivity contribution in [1.29, 1.82) is 0 Å². The molecule has 8 nitrogen and oxygen atoms in total. The van der Waals surface area contributed by atoms with Crippen molar-refractivity contribution in [3.63, 3.8) is 0 Å². The number of methoxy groups -OCH3 is 1. The molecule has 2 aromatic carbocycles. The normalized spacial score (nSPS) is 16.3. The molecule has 3 amide bonds. The maximum absolute atomic E-state index is 13.6. The lowest BCUT2D eigenvalue weighted by Gasteiger charge is -2.26. The first kappa shape index (κ1) is 29.0. The molecule has 1 fully saturated rings. The van der Waals surface area contributed by atoms with E-state index in [0.29, 0.717) is 18.8 Å². The summed E-state index contributed by atoms with van der Waals surface area (Å²) in [5.74, 6) is -0.985. The lowest BCUT2D eigenvalue weighted by molar-refractivity contribution is -0.139. The van der Waals surface area contributed by atoms with Gasteiger partial charge in [-0.15, -0.1) is 0 Å². The molecule has 0 spiro atoms. The fraction of sp³-hybridized carbons (Fsp3) is 0.444. The number of rotatable bonds is 9. The fourth-order valence-electron chi connectivity index (χ4n) is 4.29. The second kappa shape index (κ2) is 12.8. The standard InChI is InChI=1S/C27H32F3N3O5/c1-4-31(5-2)25(35)18-38-21-15-32(14-19-10-12-20(37-3)13-11-19)24(34)17-33(16-21)26(36)22-8-6-7-9-23(22)27(28,29)30/h6-13,21H,4-5,14-18H2,1-3H3/t21-/m0/s1. The smallest absolute Gasteiger partial charge is 0.417 e. The molecular weight excluding hydrogens is 503 g/mol. The molecule has 0 unspecified atom stereocenters. The minimum Gasteiger partial charge on any atom is -0.497 e. The van der Waals surface area contributed by atoms with Crippen molar-refractivity contribution in [2.45, 2.75) is 32.7 Å². The third kappa shape index (κ3) is 7.25. The van der Waals surface area contributed by atoms with Gasteiger partial charge in [-0.25, -0.2) is 0 Å². The molecule has 38 heavy (non-hydrogen) atoms. The van der Waals surface area contributed by atoms with Gasteiger partial charge in [0.05, 0.1) is 24.3 Å². The summed E-state index contributed by atoms with van der Waals surface area (Å²) in [6.07, 6.45) is -5.53. The Kier molecular flexibility index (Phi) is 9.73. The van der Waals surface area contributed by atoms with Crippen molar-refractivity contribution in [1.82, 2.24) is 14.7 Å². The number of hydrogen-bond donors (Lipinski definition) is 0. The SMILES string of the molecule is CCN(CC)C(=O)CO[C@H]1CN(Cc2ccc(OC)cc2)C(=O)CN(C(=O)c2ccccc2C(F)(F)F)C1. The Morgan fingerprint density at radius 1 is 1.03 bits per heavy atom. The lowest BCUT2D eigenvalue weighted by Crippen LogP contribution is -2.42. The first-order chi connectivity index (χ1) is 18.1. The minimum absolute atomic E-state index is 0.0566. The van der Waals surface area contributed by atoms with E-state index in [-0.39, 0.29) is 32.1 Å². The van der Waals surface area contributed by atoms with Crippen molar-refractivity contribution in [3.05, 3.63) is 65.2 Å². The van der Waals surface area contributed by atoms with E-state index < -0.39 is 41.8 Å². The van der Waals surface area contributed by atoms with E-state index in [2.05, 4.69) is 0 Å². The summed E-state index contributed by atoms with van der Waals surface area (Å²) in [5, 5.41) is 0. The predicted molar refractivity (Wildman–Crippen MR) is 133 cm³/mol. The summed E-state index contributed by atoms with van der Waals surface area (Å²) in [6.45, 7) is 4.04. The van der Waals surface area contributed by atoms with E-state index in [0.717, 1.165) is 22.6 Å². The molecule has 1 heterocycles. The van der Waals surface area contributed by atoms with E-state index in [1.807, 2.05) is 13.8 Å². The number of halogens is 3. The Morgan fingerprint density at radius 2 is 1.68 bits per heavy atom. The van der Waals surface area contributed by atoms with Gasteiger partial charge in [0.25, 0.3) is 5.91 Å². The summed E-state index contributed by atoms with van der Waals surface area (Å²) in [4.78, 5) is 43.2. The molecule has 0 radical (unpaired) electrons. The number of likely N-dealkylation sites (N-methyl/N-ethyl adjacent to an activating group) is 1. The van der Waals surface area contributed by atoms with Crippen LogP contribution < -0.4 is 4.74 Å². The molecule has 206 valence electrons. The van der Waals surface area contributed by atoms with Crippen LogP contribution >= 0.6 is 0 Å². The average molecular weight is 536 g/mol. The molecule has 2 aromatic rings. The van der Waals surface area contributed by atoms with Gasteiger partial charge in [-0.3, -0.25) is 14.4 Å². The van der Waals surface area contributed by atoms with Gasteiger partial charge < -0.3 is 24.2 Å². The van der Waals surface area contributed by atoms with Crippen LogP contribution in [0.25, 0.3) is 0 Å². The quantitative estimate of drug-likeness (QED) is 0.492.